The van der Waals surface area contributed by atoms with Crippen molar-refractivity contribution >= 4 is 38.6 Å². The highest BCUT2D eigenvalue weighted by molar-refractivity contribution is 7.20. The van der Waals surface area contributed by atoms with Gasteiger partial charge in [-0.3, -0.25) is 9.69 Å². The standard InChI is InChI=1S/C24H24N4O3S/c1-14(29)26-16-10-17-5-6-18(11-16)28(17)13-20-9-15-4-7-19(12-21(15)30-20)31-24-27-23-22(32-24)3-2-8-25-23/h2-4,7-9,12,16-18H,5-6,10-11,13H2,1H3,(H,26,29)/t16-,17-,18+. The fourth-order valence-electron chi connectivity index (χ4n) is 5.22. The molecule has 1 amide bonds. The van der Waals surface area contributed by atoms with Gasteiger partial charge in [0.05, 0.1) is 11.2 Å². The third kappa shape index (κ3) is 3.73. The molecule has 8 heteroatoms. The van der Waals surface area contributed by atoms with Crippen LogP contribution in [0.3, 0.4) is 0 Å². The molecule has 2 saturated heterocycles. The molecule has 7 nitrogen and oxygen atoms in total. The van der Waals surface area contributed by atoms with Gasteiger partial charge in [-0.2, -0.15) is 4.98 Å². The van der Waals surface area contributed by atoms with Gasteiger partial charge in [0.15, 0.2) is 5.65 Å². The monoisotopic (exact) mass is 448 g/mol. The Morgan fingerprint density at radius 1 is 1.25 bits per heavy atom. The Morgan fingerprint density at radius 3 is 2.88 bits per heavy atom. The first-order valence-electron chi connectivity index (χ1n) is 11.1. The fourth-order valence-corrected chi connectivity index (χ4v) is 6.01. The van der Waals surface area contributed by atoms with E-state index in [9.17, 15) is 4.79 Å². The van der Waals surface area contributed by atoms with Gasteiger partial charge < -0.3 is 14.5 Å². The van der Waals surface area contributed by atoms with Gasteiger partial charge in [0.1, 0.15) is 17.1 Å². The number of nitrogens with one attached hydrogen (secondary N) is 1. The first-order chi connectivity index (χ1) is 15.6. The molecule has 32 heavy (non-hydrogen) atoms. The number of thiazole rings is 1. The number of nitrogens with zero attached hydrogens (tertiary/aromatic N) is 3. The molecule has 2 aliphatic rings. The number of rotatable bonds is 5. The maximum absolute atomic E-state index is 11.4. The molecule has 6 rings (SSSR count). The molecule has 0 aliphatic carbocycles. The number of hydrogen-bond donors (Lipinski definition) is 1. The summed E-state index contributed by atoms with van der Waals surface area (Å²) in [5.41, 5.74) is 1.52. The molecule has 2 fully saturated rings. The average molecular weight is 449 g/mol. The first kappa shape index (κ1) is 19.7. The van der Waals surface area contributed by atoms with Crippen LogP contribution < -0.4 is 10.1 Å². The molecule has 0 saturated carbocycles. The van der Waals surface area contributed by atoms with E-state index in [4.69, 9.17) is 9.15 Å². The minimum Gasteiger partial charge on any atom is -0.460 e. The number of aromatic nitrogens is 2. The molecule has 5 heterocycles. The van der Waals surface area contributed by atoms with Crippen molar-refractivity contribution in [3.05, 3.63) is 48.4 Å². The number of hydrogen-bond acceptors (Lipinski definition) is 7. The molecule has 3 aromatic heterocycles. The topological polar surface area (TPSA) is 80.5 Å². The molecular weight excluding hydrogens is 424 g/mol. The third-order valence-electron chi connectivity index (χ3n) is 6.52. The zero-order chi connectivity index (χ0) is 21.7. The fraction of sp³-hybridized carbons (Fsp3) is 0.375. The number of carbonyl (C=O) groups excluding carboxylic acids is 1. The van der Waals surface area contributed by atoms with Crippen LogP contribution in [0.4, 0.5) is 0 Å². The van der Waals surface area contributed by atoms with Crippen LogP contribution in [0, 0.1) is 0 Å². The van der Waals surface area contributed by atoms with Gasteiger partial charge in [-0.1, -0.05) is 11.3 Å². The quantitative estimate of drug-likeness (QED) is 0.470. The number of piperidine rings is 1. The van der Waals surface area contributed by atoms with Crippen LogP contribution in [0.2, 0.25) is 0 Å². The molecule has 3 atom stereocenters. The lowest BCUT2D eigenvalue weighted by molar-refractivity contribution is -0.120. The van der Waals surface area contributed by atoms with Crippen molar-refractivity contribution in [1.29, 1.82) is 0 Å². The Kier molecular flexibility index (Phi) is 4.84. The van der Waals surface area contributed by atoms with E-state index in [1.165, 1.54) is 24.2 Å². The minimum absolute atomic E-state index is 0.0697. The Bertz CT molecular complexity index is 1250. The van der Waals surface area contributed by atoms with Crippen LogP contribution in [-0.2, 0) is 11.3 Å². The van der Waals surface area contributed by atoms with Crippen LogP contribution in [0.1, 0.15) is 38.4 Å². The Labute approximate surface area is 189 Å². The lowest BCUT2D eigenvalue weighted by Crippen LogP contribution is -2.49. The number of amides is 1. The van der Waals surface area contributed by atoms with Crippen molar-refractivity contribution in [1.82, 2.24) is 20.2 Å². The summed E-state index contributed by atoms with van der Waals surface area (Å²) in [5.74, 6) is 1.74. The summed E-state index contributed by atoms with van der Waals surface area (Å²) in [4.78, 5) is 22.7. The SMILES string of the molecule is CC(=O)N[C@@H]1C[C@H]2CC[C@@H](C1)N2Cc1cc2ccc(Oc3nc4ncccc4s3)cc2o1. The van der Waals surface area contributed by atoms with E-state index in [-0.39, 0.29) is 5.91 Å². The molecular formula is C24H24N4O3S. The van der Waals surface area contributed by atoms with Crippen molar-refractivity contribution < 1.29 is 13.9 Å². The lowest BCUT2D eigenvalue weighted by atomic mass is 9.97. The Morgan fingerprint density at radius 2 is 2.09 bits per heavy atom. The predicted molar refractivity (Wildman–Crippen MR) is 123 cm³/mol. The summed E-state index contributed by atoms with van der Waals surface area (Å²) < 4.78 is 13.2. The largest absolute Gasteiger partial charge is 0.460 e. The van der Waals surface area contributed by atoms with Crippen LogP contribution in [0.15, 0.2) is 47.0 Å². The molecule has 4 aromatic rings. The van der Waals surface area contributed by atoms with E-state index in [1.54, 1.807) is 13.1 Å². The smallest absolute Gasteiger partial charge is 0.281 e. The van der Waals surface area contributed by atoms with Gasteiger partial charge in [0.2, 0.25) is 5.91 Å². The number of furan rings is 1. The molecule has 164 valence electrons. The maximum atomic E-state index is 11.4. The predicted octanol–water partition coefficient (Wildman–Crippen LogP) is 4.86. The normalized spacial score (nSPS) is 23.1. The second kappa shape index (κ2) is 7.86. The number of benzene rings is 1. The van der Waals surface area contributed by atoms with E-state index >= 15 is 0 Å². The number of pyridine rings is 1. The summed E-state index contributed by atoms with van der Waals surface area (Å²) in [5, 5.41) is 4.75. The first-order valence-corrected chi connectivity index (χ1v) is 11.9. The van der Waals surface area contributed by atoms with Gasteiger partial charge in [0, 0.05) is 42.7 Å². The summed E-state index contributed by atoms with van der Waals surface area (Å²) in [6.45, 7) is 2.41. The van der Waals surface area contributed by atoms with E-state index < -0.39 is 0 Å². The second-order valence-electron chi connectivity index (χ2n) is 8.75. The molecule has 0 spiro atoms. The van der Waals surface area contributed by atoms with E-state index in [1.807, 2.05) is 30.3 Å². The second-order valence-corrected chi connectivity index (χ2v) is 9.74. The van der Waals surface area contributed by atoms with Crippen LogP contribution >= 0.6 is 11.3 Å². The number of ether oxygens (including phenoxy) is 1. The minimum atomic E-state index is 0.0697. The molecule has 1 aromatic carbocycles. The van der Waals surface area contributed by atoms with Gasteiger partial charge in [-0.05, 0) is 56.0 Å². The van der Waals surface area contributed by atoms with Gasteiger partial charge in [0.25, 0.3) is 5.19 Å². The van der Waals surface area contributed by atoms with Crippen molar-refractivity contribution in [3.8, 4) is 10.9 Å². The van der Waals surface area contributed by atoms with E-state index in [0.717, 1.165) is 40.8 Å². The molecule has 2 bridgehead atoms. The third-order valence-corrected chi connectivity index (χ3v) is 7.41. The van der Waals surface area contributed by atoms with E-state index in [0.29, 0.717) is 34.7 Å². The average Bonchev–Trinajstić information content (AvgIpc) is 3.41. The Balaban J connectivity index is 1.17. The van der Waals surface area contributed by atoms with E-state index in [2.05, 4.69) is 26.3 Å². The van der Waals surface area contributed by atoms with Crippen molar-refractivity contribution in [3.63, 3.8) is 0 Å². The molecule has 0 radical (unpaired) electrons. The summed E-state index contributed by atoms with van der Waals surface area (Å²) in [6, 6.07) is 13.2. The van der Waals surface area contributed by atoms with Crippen molar-refractivity contribution in [2.24, 2.45) is 0 Å². The van der Waals surface area contributed by atoms with Gasteiger partial charge in [-0.15, -0.1) is 0 Å². The summed E-state index contributed by atoms with van der Waals surface area (Å²) in [7, 11) is 0. The van der Waals surface area contributed by atoms with Crippen LogP contribution in [0.5, 0.6) is 10.9 Å². The zero-order valence-corrected chi connectivity index (χ0v) is 18.6. The number of fused-ring (bicyclic) bond motifs is 4. The van der Waals surface area contributed by atoms with Crippen molar-refractivity contribution in [2.75, 3.05) is 0 Å². The van der Waals surface area contributed by atoms with Crippen LogP contribution in [-0.4, -0.2) is 38.9 Å². The highest BCUT2D eigenvalue weighted by Crippen LogP contribution is 2.38. The van der Waals surface area contributed by atoms with Crippen molar-refractivity contribution in [2.45, 2.75) is 57.3 Å². The van der Waals surface area contributed by atoms with Gasteiger partial charge in [-0.25, -0.2) is 4.98 Å². The van der Waals surface area contributed by atoms with Crippen LogP contribution in [0.25, 0.3) is 21.3 Å². The highest BCUT2D eigenvalue weighted by Gasteiger charge is 2.41. The summed E-state index contributed by atoms with van der Waals surface area (Å²) >= 11 is 1.48. The maximum Gasteiger partial charge on any atom is 0.281 e. The molecule has 2 aliphatic heterocycles. The number of carbonyl (C=O) groups is 1. The Hall–Kier alpha value is -2.97. The summed E-state index contributed by atoms with van der Waals surface area (Å²) in [6.07, 6.45) is 6.15. The lowest BCUT2D eigenvalue weighted by Gasteiger charge is -2.38. The zero-order valence-electron chi connectivity index (χ0n) is 17.8. The highest BCUT2D eigenvalue weighted by atomic mass is 32.1. The van der Waals surface area contributed by atoms with Gasteiger partial charge >= 0.3 is 0 Å². The molecule has 1 N–H and O–H groups in total. The molecule has 0 unspecified atom stereocenters.